The van der Waals surface area contributed by atoms with Gasteiger partial charge in [-0.3, -0.25) is 0 Å². The summed E-state index contributed by atoms with van der Waals surface area (Å²) in [5.74, 6) is 0. The summed E-state index contributed by atoms with van der Waals surface area (Å²) in [6.07, 6.45) is 2.19. The average molecular weight is 321 g/mol. The minimum atomic E-state index is 0.711. The number of anilines is 1. The highest BCUT2D eigenvalue weighted by Crippen LogP contribution is 2.09. The van der Waals surface area contributed by atoms with Gasteiger partial charge < -0.3 is 20.4 Å². The molecule has 2 N–H and O–H groups in total. The number of nitrogens with zero attached hydrogens (tertiary/aromatic N) is 2. The molecule has 5 heteroatoms. The van der Waals surface area contributed by atoms with Crippen LogP contribution in [0.3, 0.4) is 0 Å². The Kier molecular flexibility index (Phi) is 7.09. The first-order valence-corrected chi connectivity index (χ1v) is 8.63. The molecule has 0 saturated carbocycles. The van der Waals surface area contributed by atoms with Gasteiger partial charge in [-0.1, -0.05) is 19.1 Å². The number of rotatable bonds is 6. The van der Waals surface area contributed by atoms with Crippen molar-refractivity contribution in [1.82, 2.24) is 15.1 Å². The predicted octanol–water partition coefficient (Wildman–Crippen LogP) is 2.17. The molecule has 2 rings (SSSR count). The first-order valence-electron chi connectivity index (χ1n) is 8.22. The van der Waals surface area contributed by atoms with Crippen molar-refractivity contribution in [2.24, 2.45) is 0 Å². The zero-order valence-electron chi connectivity index (χ0n) is 13.8. The van der Waals surface area contributed by atoms with Gasteiger partial charge in [0.25, 0.3) is 0 Å². The van der Waals surface area contributed by atoms with Gasteiger partial charge in [0.05, 0.1) is 0 Å². The molecule has 1 heterocycles. The molecule has 0 atom stereocenters. The van der Waals surface area contributed by atoms with Crippen LogP contribution in [0.4, 0.5) is 5.69 Å². The minimum absolute atomic E-state index is 0.711. The Hall–Kier alpha value is -1.17. The Morgan fingerprint density at radius 3 is 2.45 bits per heavy atom. The van der Waals surface area contributed by atoms with Crippen LogP contribution in [-0.4, -0.2) is 61.2 Å². The number of piperazine rings is 1. The fourth-order valence-electron chi connectivity index (χ4n) is 2.58. The summed E-state index contributed by atoms with van der Waals surface area (Å²) in [6.45, 7) is 8.96. The summed E-state index contributed by atoms with van der Waals surface area (Å²) < 4.78 is 0. The van der Waals surface area contributed by atoms with Gasteiger partial charge >= 0.3 is 0 Å². The molecule has 0 bridgehead atoms. The fourth-order valence-corrected chi connectivity index (χ4v) is 2.80. The first kappa shape index (κ1) is 17.2. The topological polar surface area (TPSA) is 30.5 Å². The molecular formula is C17H28N4S. The van der Waals surface area contributed by atoms with Gasteiger partial charge in [0.1, 0.15) is 0 Å². The van der Waals surface area contributed by atoms with Crippen molar-refractivity contribution in [3.8, 4) is 0 Å². The predicted molar refractivity (Wildman–Crippen MR) is 98.6 cm³/mol. The smallest absolute Gasteiger partial charge is 0.170 e. The number of likely N-dealkylation sites (N-methyl/N-ethyl adjacent to an activating group) is 1. The molecule has 1 saturated heterocycles. The summed E-state index contributed by atoms with van der Waals surface area (Å²) in [7, 11) is 2.19. The maximum Gasteiger partial charge on any atom is 0.170 e. The molecule has 1 aromatic rings. The van der Waals surface area contributed by atoms with E-state index in [4.69, 9.17) is 12.2 Å². The van der Waals surface area contributed by atoms with Crippen LogP contribution >= 0.6 is 12.2 Å². The summed E-state index contributed by atoms with van der Waals surface area (Å²) in [4.78, 5) is 4.92. The van der Waals surface area contributed by atoms with Crippen molar-refractivity contribution < 1.29 is 0 Å². The van der Waals surface area contributed by atoms with Gasteiger partial charge in [-0.2, -0.15) is 0 Å². The van der Waals surface area contributed by atoms with E-state index in [1.54, 1.807) is 0 Å². The van der Waals surface area contributed by atoms with Crippen LogP contribution in [0, 0.1) is 0 Å². The van der Waals surface area contributed by atoms with E-state index >= 15 is 0 Å². The highest BCUT2D eigenvalue weighted by atomic mass is 32.1. The Bertz CT molecular complexity index is 452. The quantitative estimate of drug-likeness (QED) is 0.620. The van der Waals surface area contributed by atoms with E-state index in [-0.39, 0.29) is 0 Å². The highest BCUT2D eigenvalue weighted by Gasteiger charge is 2.12. The van der Waals surface area contributed by atoms with Crippen molar-refractivity contribution in [3.63, 3.8) is 0 Å². The van der Waals surface area contributed by atoms with Crippen molar-refractivity contribution >= 4 is 23.0 Å². The van der Waals surface area contributed by atoms with E-state index in [0.29, 0.717) is 5.11 Å². The standard InChI is InChI=1S/C17H28N4S/c1-3-15-5-7-16(8-6-15)19-17(22)18-9-4-10-21-13-11-20(2)12-14-21/h5-8H,3-4,9-14H2,1-2H3,(H2,18,19,22). The SMILES string of the molecule is CCc1ccc(NC(=S)NCCCN2CCN(C)CC2)cc1. The lowest BCUT2D eigenvalue weighted by Crippen LogP contribution is -2.45. The molecule has 1 aromatic carbocycles. The lowest BCUT2D eigenvalue weighted by molar-refractivity contribution is 0.153. The van der Waals surface area contributed by atoms with Crippen LogP contribution < -0.4 is 10.6 Å². The molecule has 122 valence electrons. The molecule has 0 amide bonds. The van der Waals surface area contributed by atoms with Gasteiger partial charge in [0, 0.05) is 38.4 Å². The molecule has 0 spiro atoms. The normalized spacial score (nSPS) is 16.5. The number of hydrogen-bond acceptors (Lipinski definition) is 3. The zero-order chi connectivity index (χ0) is 15.8. The summed E-state index contributed by atoms with van der Waals surface area (Å²) in [6, 6.07) is 8.44. The molecule has 4 nitrogen and oxygen atoms in total. The molecule has 0 aromatic heterocycles. The highest BCUT2D eigenvalue weighted by molar-refractivity contribution is 7.80. The summed E-state index contributed by atoms with van der Waals surface area (Å²) in [5.41, 5.74) is 2.39. The number of hydrogen-bond donors (Lipinski definition) is 2. The molecule has 1 aliphatic heterocycles. The van der Waals surface area contributed by atoms with Crippen molar-refractivity contribution in [1.29, 1.82) is 0 Å². The zero-order valence-corrected chi connectivity index (χ0v) is 14.6. The minimum Gasteiger partial charge on any atom is -0.362 e. The molecule has 22 heavy (non-hydrogen) atoms. The van der Waals surface area contributed by atoms with E-state index in [1.807, 2.05) is 0 Å². The van der Waals surface area contributed by atoms with Crippen molar-refractivity contribution in [3.05, 3.63) is 29.8 Å². The molecule has 0 aliphatic carbocycles. The van der Waals surface area contributed by atoms with Gasteiger partial charge in [-0.25, -0.2) is 0 Å². The van der Waals surface area contributed by atoms with Crippen LogP contribution in [-0.2, 0) is 6.42 Å². The maximum atomic E-state index is 5.34. The van der Waals surface area contributed by atoms with Gasteiger partial charge in [-0.15, -0.1) is 0 Å². The Morgan fingerprint density at radius 2 is 1.82 bits per heavy atom. The second-order valence-electron chi connectivity index (χ2n) is 5.93. The fraction of sp³-hybridized carbons (Fsp3) is 0.588. The summed E-state index contributed by atoms with van der Waals surface area (Å²) in [5, 5.41) is 7.24. The molecule has 1 aliphatic rings. The molecule has 0 unspecified atom stereocenters. The lowest BCUT2D eigenvalue weighted by atomic mass is 10.1. The number of thiocarbonyl (C=S) groups is 1. The third-order valence-corrected chi connectivity index (χ3v) is 4.40. The van der Waals surface area contributed by atoms with E-state index in [0.717, 1.165) is 31.6 Å². The van der Waals surface area contributed by atoms with Crippen molar-refractivity contribution in [2.75, 3.05) is 51.6 Å². The third kappa shape index (κ3) is 5.91. The lowest BCUT2D eigenvalue weighted by Gasteiger charge is -2.32. The van der Waals surface area contributed by atoms with Crippen LogP contribution in [0.2, 0.25) is 0 Å². The van der Waals surface area contributed by atoms with E-state index < -0.39 is 0 Å². The first-order chi connectivity index (χ1) is 10.7. The van der Waals surface area contributed by atoms with E-state index in [1.165, 1.54) is 31.7 Å². The number of nitrogens with one attached hydrogen (secondary N) is 2. The van der Waals surface area contributed by atoms with Crippen LogP contribution in [0.1, 0.15) is 18.9 Å². The monoisotopic (exact) mass is 320 g/mol. The molecule has 1 fully saturated rings. The Labute approximate surface area is 139 Å². The van der Waals surface area contributed by atoms with Crippen LogP contribution in [0.15, 0.2) is 24.3 Å². The van der Waals surface area contributed by atoms with Crippen LogP contribution in [0.5, 0.6) is 0 Å². The molecular weight excluding hydrogens is 292 g/mol. The van der Waals surface area contributed by atoms with Gasteiger partial charge in [0.15, 0.2) is 5.11 Å². The number of benzene rings is 1. The van der Waals surface area contributed by atoms with E-state index in [9.17, 15) is 0 Å². The number of aryl methyl sites for hydroxylation is 1. The van der Waals surface area contributed by atoms with Gasteiger partial charge in [-0.05, 0) is 56.3 Å². The Morgan fingerprint density at radius 1 is 1.14 bits per heavy atom. The molecule has 0 radical (unpaired) electrons. The largest absolute Gasteiger partial charge is 0.362 e. The van der Waals surface area contributed by atoms with Crippen LogP contribution in [0.25, 0.3) is 0 Å². The second kappa shape index (κ2) is 9.08. The third-order valence-electron chi connectivity index (χ3n) is 4.15. The van der Waals surface area contributed by atoms with Gasteiger partial charge in [0.2, 0.25) is 0 Å². The Balaban J connectivity index is 1.59. The average Bonchev–Trinajstić information content (AvgIpc) is 2.54. The van der Waals surface area contributed by atoms with Crippen molar-refractivity contribution in [2.45, 2.75) is 19.8 Å². The summed E-state index contributed by atoms with van der Waals surface area (Å²) >= 11 is 5.34. The maximum absolute atomic E-state index is 5.34. The van der Waals surface area contributed by atoms with E-state index in [2.05, 4.69) is 58.7 Å². The second-order valence-corrected chi connectivity index (χ2v) is 6.34.